The molecule has 0 aromatic heterocycles. The van der Waals surface area contributed by atoms with Crippen molar-refractivity contribution in [2.24, 2.45) is 0 Å². The average Bonchev–Trinajstić information content (AvgIpc) is 1.72. The second kappa shape index (κ2) is 10.0. The third kappa shape index (κ3) is 19.6. The predicted molar refractivity (Wildman–Crippen MR) is 15.0 cm³/mol. The van der Waals surface area contributed by atoms with Crippen LogP contribution >= 0.6 is 0 Å². The predicted octanol–water partition coefficient (Wildman–Crippen LogP) is -3.42. The molecule has 0 aliphatic heterocycles. The van der Waals surface area contributed by atoms with Crippen molar-refractivity contribution in [2.45, 2.75) is 0 Å². The summed E-state index contributed by atoms with van der Waals surface area (Å²) < 4.78 is 0. The first kappa shape index (κ1) is 15.7. The summed E-state index contributed by atoms with van der Waals surface area (Å²) in [7, 11) is 0. The van der Waals surface area contributed by atoms with Crippen molar-refractivity contribution in [3.63, 3.8) is 0 Å². The first-order valence-electron chi connectivity index (χ1n) is 1.29. The normalized spacial score (nSPS) is 5.11. The number of carbonyl (C=O) groups excluding carboxylic acids is 2. The van der Waals surface area contributed by atoms with E-state index in [9.17, 15) is 0 Å². The fourth-order valence-electron chi connectivity index (χ4n) is 0. The Morgan fingerprint density at radius 3 is 1.22 bits per heavy atom. The Bertz CT molecular complexity index is 108. The Morgan fingerprint density at radius 2 is 1.22 bits per heavy atom. The zero-order valence-electron chi connectivity index (χ0n) is 3.88. The van der Waals surface area contributed by atoms with Crippen LogP contribution in [-0.4, -0.2) is 11.9 Å². The fraction of sp³-hybridized carbons (Fsp3) is 0. The summed E-state index contributed by atoms with van der Waals surface area (Å²) >= 11 is 0. The maximum absolute atomic E-state index is 8.93. The number of carboxylic acid groups (broad SMARTS) is 2. The molecule has 0 atom stereocenters. The molecule has 0 aliphatic carbocycles. The number of carbonyl (C=O) groups is 2. The van der Waals surface area contributed by atoms with Crippen LogP contribution in [-0.2, 0) is 26.7 Å². The SMILES string of the molecule is O=C([O-])C(=O)[O-].[C-]#N.[Cu]. The number of carboxylic acids is 2. The van der Waals surface area contributed by atoms with Gasteiger partial charge < -0.3 is 31.6 Å². The Balaban J connectivity index is -0.000000109. The molecule has 0 N–H and O–H groups in total. The molecule has 0 unspecified atom stereocenters. The maximum atomic E-state index is 8.93. The second-order valence-electron chi connectivity index (χ2n) is 0.575. The van der Waals surface area contributed by atoms with E-state index in [1.165, 1.54) is 0 Å². The molecule has 0 aromatic rings. The minimum Gasteiger partial charge on any atom is -0.543 e. The Kier molecular flexibility index (Phi) is 17.5. The largest absolute Gasteiger partial charge is 0.543 e. The quantitative estimate of drug-likeness (QED) is 0.218. The molecule has 0 saturated carbocycles. The molecule has 6 heteroatoms. The molecular formula is C3CuNO4-3. The summed E-state index contributed by atoms with van der Waals surface area (Å²) in [6.45, 7) is 4.75. The molecular weight excluding hydrogens is 178 g/mol. The summed E-state index contributed by atoms with van der Waals surface area (Å²) in [6.07, 6.45) is 0. The molecule has 0 heterocycles. The number of hydrogen-bond acceptors (Lipinski definition) is 5. The van der Waals surface area contributed by atoms with Crippen molar-refractivity contribution in [1.29, 1.82) is 5.26 Å². The van der Waals surface area contributed by atoms with Crippen LogP contribution in [0.3, 0.4) is 0 Å². The molecule has 0 aliphatic rings. The Hall–Kier alpha value is -1.05. The minimum atomic E-state index is -2.19. The minimum absolute atomic E-state index is 0. The zero-order chi connectivity index (χ0) is 7.15. The number of hydrogen-bond donors (Lipinski definition) is 0. The van der Waals surface area contributed by atoms with Crippen molar-refractivity contribution in [3.8, 4) is 0 Å². The van der Waals surface area contributed by atoms with Crippen molar-refractivity contribution in [1.82, 2.24) is 0 Å². The van der Waals surface area contributed by atoms with E-state index in [1.807, 2.05) is 0 Å². The van der Waals surface area contributed by atoms with Gasteiger partial charge in [-0.2, -0.15) is 0 Å². The molecule has 0 fully saturated rings. The molecule has 0 rings (SSSR count). The van der Waals surface area contributed by atoms with Gasteiger partial charge in [-0.3, -0.25) is 0 Å². The van der Waals surface area contributed by atoms with Crippen LogP contribution in [0.5, 0.6) is 0 Å². The number of rotatable bonds is 0. The second-order valence-corrected chi connectivity index (χ2v) is 0.575. The Labute approximate surface area is 61.4 Å². The molecule has 55 valence electrons. The number of nitrogens with zero attached hydrogens (tertiary/aromatic N) is 1. The summed E-state index contributed by atoms with van der Waals surface area (Å²) in [5.74, 6) is -4.37. The molecule has 0 aromatic carbocycles. The Morgan fingerprint density at radius 1 is 1.11 bits per heavy atom. The molecule has 0 bridgehead atoms. The van der Waals surface area contributed by atoms with Gasteiger partial charge in [0.2, 0.25) is 0 Å². The van der Waals surface area contributed by atoms with E-state index in [4.69, 9.17) is 31.6 Å². The van der Waals surface area contributed by atoms with Gasteiger partial charge in [0.05, 0.1) is 11.9 Å². The maximum Gasteiger partial charge on any atom is 0.0870 e. The van der Waals surface area contributed by atoms with Gasteiger partial charge in [0, 0.05) is 17.1 Å². The van der Waals surface area contributed by atoms with Crippen LogP contribution in [0.4, 0.5) is 0 Å². The van der Waals surface area contributed by atoms with Gasteiger partial charge in [-0.15, -0.1) is 0 Å². The fourth-order valence-corrected chi connectivity index (χ4v) is 0. The third-order valence-corrected chi connectivity index (χ3v) is 0.167. The van der Waals surface area contributed by atoms with Crippen LogP contribution in [0.1, 0.15) is 0 Å². The van der Waals surface area contributed by atoms with E-state index in [2.05, 4.69) is 0 Å². The van der Waals surface area contributed by atoms with E-state index in [-0.39, 0.29) is 17.1 Å². The molecule has 1 radical (unpaired) electrons. The third-order valence-electron chi connectivity index (χ3n) is 0.167. The van der Waals surface area contributed by atoms with Gasteiger partial charge in [-0.05, 0) is 0 Å². The summed E-state index contributed by atoms with van der Waals surface area (Å²) in [4.78, 5) is 17.9. The average molecular weight is 178 g/mol. The summed E-state index contributed by atoms with van der Waals surface area (Å²) in [5, 5.41) is 24.1. The molecule has 0 amide bonds. The van der Waals surface area contributed by atoms with E-state index in [0.717, 1.165) is 0 Å². The van der Waals surface area contributed by atoms with Crippen LogP contribution in [0.25, 0.3) is 0 Å². The van der Waals surface area contributed by atoms with E-state index in [0.29, 0.717) is 0 Å². The standard InChI is InChI=1S/C2H2O4.CN.Cu/c3-1(4)2(5)6;1-2;/h(H,3,4)(H,5,6);;/q;-1;/p-2. The van der Waals surface area contributed by atoms with Crippen molar-refractivity contribution in [2.75, 3.05) is 0 Å². The monoisotopic (exact) mass is 177 g/mol. The van der Waals surface area contributed by atoms with E-state index in [1.54, 1.807) is 0 Å². The van der Waals surface area contributed by atoms with Gasteiger partial charge >= 0.3 is 0 Å². The van der Waals surface area contributed by atoms with Gasteiger partial charge in [0.25, 0.3) is 0 Å². The molecule has 0 saturated heterocycles. The van der Waals surface area contributed by atoms with Crippen molar-refractivity contribution < 1.29 is 36.9 Å². The van der Waals surface area contributed by atoms with Gasteiger partial charge in [0.15, 0.2) is 0 Å². The van der Waals surface area contributed by atoms with Crippen molar-refractivity contribution >= 4 is 11.9 Å². The zero-order valence-corrected chi connectivity index (χ0v) is 4.82. The van der Waals surface area contributed by atoms with Crippen LogP contribution in [0, 0.1) is 11.8 Å². The van der Waals surface area contributed by atoms with Crippen molar-refractivity contribution in [3.05, 3.63) is 6.57 Å². The first-order chi connectivity index (χ1) is 3.64. The van der Waals surface area contributed by atoms with Crippen LogP contribution in [0.15, 0.2) is 0 Å². The van der Waals surface area contributed by atoms with Gasteiger partial charge in [0.1, 0.15) is 0 Å². The van der Waals surface area contributed by atoms with Crippen LogP contribution < -0.4 is 10.2 Å². The van der Waals surface area contributed by atoms with E-state index >= 15 is 0 Å². The number of aliphatic carboxylic acids is 2. The summed E-state index contributed by atoms with van der Waals surface area (Å²) in [5.41, 5.74) is 0. The summed E-state index contributed by atoms with van der Waals surface area (Å²) in [6, 6.07) is 0. The topological polar surface area (TPSA) is 104 Å². The molecule has 9 heavy (non-hydrogen) atoms. The van der Waals surface area contributed by atoms with E-state index < -0.39 is 11.9 Å². The molecule has 0 spiro atoms. The van der Waals surface area contributed by atoms with Gasteiger partial charge in [-0.25, -0.2) is 0 Å². The first-order valence-corrected chi connectivity index (χ1v) is 1.29. The smallest absolute Gasteiger partial charge is 0.0870 e. The van der Waals surface area contributed by atoms with Gasteiger partial charge in [-0.1, -0.05) is 0 Å². The molecule has 5 nitrogen and oxygen atoms in total. The van der Waals surface area contributed by atoms with Crippen LogP contribution in [0.2, 0.25) is 0 Å².